The van der Waals surface area contributed by atoms with Crippen molar-refractivity contribution in [1.29, 1.82) is 5.26 Å². The highest BCUT2D eigenvalue weighted by Gasteiger charge is 2.13. The van der Waals surface area contributed by atoms with Gasteiger partial charge in [0.15, 0.2) is 0 Å². The maximum atomic E-state index is 12.2. The van der Waals surface area contributed by atoms with E-state index < -0.39 is 11.8 Å². The molecule has 4 N–H and O–H groups in total. The molecule has 0 aromatic heterocycles. The molecule has 0 aliphatic heterocycles. The van der Waals surface area contributed by atoms with Crippen molar-refractivity contribution in [1.82, 2.24) is 5.32 Å². The number of methoxy groups -OCH3 is 1. The molecule has 0 atom stereocenters. The van der Waals surface area contributed by atoms with E-state index >= 15 is 0 Å². The summed E-state index contributed by atoms with van der Waals surface area (Å²) in [6.45, 7) is 0. The number of nitrogens with two attached hydrogens (primary N) is 1. The Labute approximate surface area is 155 Å². The Bertz CT molecular complexity index is 902. The van der Waals surface area contributed by atoms with Gasteiger partial charge in [0.05, 0.1) is 12.8 Å². The third-order valence-electron chi connectivity index (χ3n) is 3.30. The van der Waals surface area contributed by atoms with E-state index in [0.29, 0.717) is 27.7 Å². The molecular weight excluding hydrogens is 356 g/mol. The van der Waals surface area contributed by atoms with Crippen LogP contribution < -0.4 is 21.1 Å². The van der Waals surface area contributed by atoms with Crippen LogP contribution in [-0.4, -0.2) is 18.9 Å². The van der Waals surface area contributed by atoms with Crippen molar-refractivity contribution < 1.29 is 14.3 Å². The fourth-order valence-corrected chi connectivity index (χ4v) is 2.14. The normalized spacial score (nSPS) is 10.6. The number of nitriles is 1. The van der Waals surface area contributed by atoms with Gasteiger partial charge in [0.25, 0.3) is 11.8 Å². The summed E-state index contributed by atoms with van der Waals surface area (Å²) in [6.07, 6.45) is 1.03. The Morgan fingerprint density at radius 1 is 1.23 bits per heavy atom. The summed E-state index contributed by atoms with van der Waals surface area (Å²) >= 11 is 5.90. The van der Waals surface area contributed by atoms with Gasteiger partial charge in [-0.25, -0.2) is 0 Å². The lowest BCUT2D eigenvalue weighted by molar-refractivity contribution is -0.112. The third kappa shape index (κ3) is 4.75. The molecular formula is C18H15ClN4O3. The second-order valence-corrected chi connectivity index (χ2v) is 5.50. The van der Waals surface area contributed by atoms with Gasteiger partial charge in [-0.15, -0.1) is 0 Å². The smallest absolute Gasteiger partial charge is 0.267 e. The highest BCUT2D eigenvalue weighted by Crippen LogP contribution is 2.27. The Hall–Kier alpha value is -3.50. The summed E-state index contributed by atoms with van der Waals surface area (Å²) in [5.74, 6) is -0.817. The number of amides is 2. The summed E-state index contributed by atoms with van der Waals surface area (Å²) in [5.41, 5.74) is 6.42. The SMILES string of the molecule is COc1ccc(Cl)cc1NC(=O)/C(C#N)=C\NC(=O)c1ccc(N)cc1. The first kappa shape index (κ1) is 18.8. The molecule has 132 valence electrons. The monoisotopic (exact) mass is 370 g/mol. The van der Waals surface area contributed by atoms with Crippen molar-refractivity contribution in [3.63, 3.8) is 0 Å². The van der Waals surface area contributed by atoms with Gasteiger partial charge in [0, 0.05) is 22.5 Å². The Morgan fingerprint density at radius 3 is 2.54 bits per heavy atom. The van der Waals surface area contributed by atoms with Gasteiger partial charge in [-0.2, -0.15) is 5.26 Å². The lowest BCUT2D eigenvalue weighted by atomic mass is 10.2. The van der Waals surface area contributed by atoms with Crippen LogP contribution in [0, 0.1) is 11.3 Å². The standard InChI is InChI=1S/C18H15ClN4O3/c1-26-16-7-4-13(19)8-15(16)23-18(25)12(9-20)10-22-17(24)11-2-5-14(21)6-3-11/h2-8,10H,21H2,1H3,(H,22,24)(H,23,25)/b12-10-. The van der Waals surface area contributed by atoms with Crippen LogP contribution in [-0.2, 0) is 4.79 Å². The summed E-state index contributed by atoms with van der Waals surface area (Å²) in [7, 11) is 1.44. The molecule has 0 bridgehead atoms. The fourth-order valence-electron chi connectivity index (χ4n) is 1.97. The van der Waals surface area contributed by atoms with Crippen LogP contribution in [0.2, 0.25) is 5.02 Å². The zero-order valence-corrected chi connectivity index (χ0v) is 14.5. The van der Waals surface area contributed by atoms with Crippen LogP contribution in [0.4, 0.5) is 11.4 Å². The lowest BCUT2D eigenvalue weighted by Gasteiger charge is -2.10. The molecule has 26 heavy (non-hydrogen) atoms. The molecule has 0 unspecified atom stereocenters. The molecule has 0 spiro atoms. The van der Waals surface area contributed by atoms with Gasteiger partial charge in [-0.3, -0.25) is 9.59 Å². The van der Waals surface area contributed by atoms with Crippen LogP contribution in [0.25, 0.3) is 0 Å². The molecule has 0 saturated heterocycles. The van der Waals surface area contributed by atoms with E-state index in [1.165, 1.54) is 25.3 Å². The van der Waals surface area contributed by atoms with Crippen molar-refractivity contribution in [3.8, 4) is 11.8 Å². The summed E-state index contributed by atoms with van der Waals surface area (Å²) in [4.78, 5) is 24.3. The third-order valence-corrected chi connectivity index (χ3v) is 3.53. The van der Waals surface area contributed by atoms with E-state index in [2.05, 4.69) is 10.6 Å². The fraction of sp³-hybridized carbons (Fsp3) is 0.0556. The van der Waals surface area contributed by atoms with Crippen molar-refractivity contribution >= 4 is 34.8 Å². The first-order chi connectivity index (χ1) is 12.4. The first-order valence-electron chi connectivity index (χ1n) is 7.36. The Balaban J connectivity index is 2.12. The largest absolute Gasteiger partial charge is 0.495 e. The second kappa shape index (κ2) is 8.55. The topological polar surface area (TPSA) is 117 Å². The van der Waals surface area contributed by atoms with E-state index in [-0.39, 0.29) is 5.57 Å². The number of halogens is 1. The van der Waals surface area contributed by atoms with Gasteiger partial charge in [-0.1, -0.05) is 11.6 Å². The lowest BCUT2D eigenvalue weighted by Crippen LogP contribution is -2.21. The maximum Gasteiger partial charge on any atom is 0.267 e. The predicted molar refractivity (Wildman–Crippen MR) is 98.7 cm³/mol. The number of rotatable bonds is 5. The molecule has 0 saturated carbocycles. The van der Waals surface area contributed by atoms with Gasteiger partial charge in [-0.05, 0) is 42.5 Å². The van der Waals surface area contributed by atoms with Crippen LogP contribution >= 0.6 is 11.6 Å². The van der Waals surface area contributed by atoms with Crippen LogP contribution in [0.5, 0.6) is 5.75 Å². The van der Waals surface area contributed by atoms with Gasteiger partial charge in [0.2, 0.25) is 0 Å². The zero-order valence-electron chi connectivity index (χ0n) is 13.7. The quantitative estimate of drug-likeness (QED) is 0.425. The van der Waals surface area contributed by atoms with E-state index in [1.54, 1.807) is 30.3 Å². The average molecular weight is 371 g/mol. The molecule has 0 aliphatic rings. The summed E-state index contributed by atoms with van der Waals surface area (Å²) in [6, 6.07) is 12.6. The maximum absolute atomic E-state index is 12.2. The number of hydrogen-bond acceptors (Lipinski definition) is 5. The van der Waals surface area contributed by atoms with E-state index in [1.807, 2.05) is 0 Å². The number of carbonyl (C=O) groups is 2. The molecule has 0 fully saturated rings. The van der Waals surface area contributed by atoms with E-state index in [9.17, 15) is 14.9 Å². The minimum atomic E-state index is -0.717. The van der Waals surface area contributed by atoms with Crippen LogP contribution in [0.1, 0.15) is 10.4 Å². The highest BCUT2D eigenvalue weighted by atomic mass is 35.5. The molecule has 2 amide bonds. The Morgan fingerprint density at radius 2 is 1.92 bits per heavy atom. The van der Waals surface area contributed by atoms with Gasteiger partial charge >= 0.3 is 0 Å². The van der Waals surface area contributed by atoms with Gasteiger partial charge in [0.1, 0.15) is 17.4 Å². The van der Waals surface area contributed by atoms with Crippen molar-refractivity contribution in [2.75, 3.05) is 18.2 Å². The molecule has 2 aromatic rings. The minimum absolute atomic E-state index is 0.296. The molecule has 7 nitrogen and oxygen atoms in total. The second-order valence-electron chi connectivity index (χ2n) is 5.06. The number of anilines is 2. The minimum Gasteiger partial charge on any atom is -0.495 e. The molecule has 0 radical (unpaired) electrons. The molecule has 2 aromatic carbocycles. The highest BCUT2D eigenvalue weighted by molar-refractivity contribution is 6.31. The average Bonchev–Trinajstić information content (AvgIpc) is 2.63. The van der Waals surface area contributed by atoms with Crippen LogP contribution in [0.15, 0.2) is 54.2 Å². The number of ether oxygens (including phenoxy) is 1. The predicted octanol–water partition coefficient (Wildman–Crippen LogP) is 2.71. The first-order valence-corrected chi connectivity index (χ1v) is 7.74. The van der Waals surface area contributed by atoms with Crippen molar-refractivity contribution in [3.05, 3.63) is 64.8 Å². The molecule has 2 rings (SSSR count). The number of nitrogen functional groups attached to an aromatic ring is 1. The summed E-state index contributed by atoms with van der Waals surface area (Å²) < 4.78 is 5.12. The zero-order chi connectivity index (χ0) is 19.1. The van der Waals surface area contributed by atoms with E-state index in [4.69, 9.17) is 22.1 Å². The number of nitrogens with one attached hydrogen (secondary N) is 2. The molecule has 0 aliphatic carbocycles. The van der Waals surface area contributed by atoms with Crippen molar-refractivity contribution in [2.45, 2.75) is 0 Å². The van der Waals surface area contributed by atoms with Crippen molar-refractivity contribution in [2.24, 2.45) is 0 Å². The molecule has 8 heteroatoms. The number of hydrogen-bond donors (Lipinski definition) is 3. The summed E-state index contributed by atoms with van der Waals surface area (Å²) in [5, 5.41) is 14.5. The van der Waals surface area contributed by atoms with E-state index in [0.717, 1.165) is 6.20 Å². The Kier molecular flexibility index (Phi) is 6.20. The van der Waals surface area contributed by atoms with Crippen LogP contribution in [0.3, 0.4) is 0 Å². The van der Waals surface area contributed by atoms with Gasteiger partial charge < -0.3 is 21.1 Å². The number of carbonyl (C=O) groups excluding carboxylic acids is 2. The number of nitrogens with zero attached hydrogens (tertiary/aromatic N) is 1. The molecule has 0 heterocycles. The number of benzene rings is 2.